The number of hydrogen-bond acceptors (Lipinski definition) is 3. The number of nitrogens with two attached hydrogens (primary N) is 1. The number of esters is 1. The highest BCUT2D eigenvalue weighted by molar-refractivity contribution is 5.78. The Labute approximate surface area is 96.6 Å². The van der Waals surface area contributed by atoms with E-state index in [2.05, 4.69) is 6.92 Å². The van der Waals surface area contributed by atoms with Gasteiger partial charge in [-0.25, -0.2) is 0 Å². The second-order valence-corrected chi connectivity index (χ2v) is 3.91. The Morgan fingerprint density at radius 1 is 1.50 bits per heavy atom. The molecule has 0 heterocycles. The van der Waals surface area contributed by atoms with E-state index in [1.54, 1.807) is 6.07 Å². The van der Waals surface area contributed by atoms with Crippen molar-refractivity contribution in [1.82, 2.24) is 0 Å². The lowest BCUT2D eigenvalue weighted by molar-refractivity contribution is -0.145. The van der Waals surface area contributed by atoms with Crippen LogP contribution < -0.4 is 5.73 Å². The SMILES string of the molecule is CCCCOC(=O)C(C)c1cccc(N)c1. The smallest absolute Gasteiger partial charge is 0.313 e. The van der Waals surface area contributed by atoms with Crippen LogP contribution in [0, 0.1) is 0 Å². The molecule has 0 aliphatic heterocycles. The minimum Gasteiger partial charge on any atom is -0.465 e. The molecule has 88 valence electrons. The second kappa shape index (κ2) is 6.16. The summed E-state index contributed by atoms with van der Waals surface area (Å²) in [5.41, 5.74) is 7.24. The summed E-state index contributed by atoms with van der Waals surface area (Å²) < 4.78 is 5.16. The number of nitrogen functional groups attached to an aromatic ring is 1. The van der Waals surface area contributed by atoms with Crippen LogP contribution in [0.4, 0.5) is 5.69 Å². The van der Waals surface area contributed by atoms with Gasteiger partial charge in [-0.15, -0.1) is 0 Å². The van der Waals surface area contributed by atoms with Crippen LogP contribution in [0.1, 0.15) is 38.2 Å². The molecule has 1 aromatic rings. The van der Waals surface area contributed by atoms with Crippen LogP contribution in [0.15, 0.2) is 24.3 Å². The van der Waals surface area contributed by atoms with Gasteiger partial charge in [0.25, 0.3) is 0 Å². The summed E-state index contributed by atoms with van der Waals surface area (Å²) in [6.07, 6.45) is 1.94. The molecule has 1 atom stereocenters. The minimum atomic E-state index is -0.250. The third-order valence-electron chi connectivity index (χ3n) is 2.51. The first-order chi connectivity index (χ1) is 7.65. The average molecular weight is 221 g/mol. The molecule has 3 nitrogen and oxygen atoms in total. The standard InChI is InChI=1S/C13H19NO2/c1-3-4-8-16-13(15)10(2)11-6-5-7-12(14)9-11/h5-7,9-10H,3-4,8,14H2,1-2H3. The fourth-order valence-electron chi connectivity index (χ4n) is 1.41. The van der Waals surface area contributed by atoms with E-state index >= 15 is 0 Å². The van der Waals surface area contributed by atoms with E-state index < -0.39 is 0 Å². The lowest BCUT2D eigenvalue weighted by atomic mass is 10.0. The molecule has 0 amide bonds. The fraction of sp³-hybridized carbons (Fsp3) is 0.462. The topological polar surface area (TPSA) is 52.3 Å². The van der Waals surface area contributed by atoms with Gasteiger partial charge < -0.3 is 10.5 Å². The van der Waals surface area contributed by atoms with Crippen LogP contribution in [0.25, 0.3) is 0 Å². The fourth-order valence-corrected chi connectivity index (χ4v) is 1.41. The van der Waals surface area contributed by atoms with E-state index in [0.29, 0.717) is 12.3 Å². The van der Waals surface area contributed by atoms with Gasteiger partial charge in [0.2, 0.25) is 0 Å². The Balaban J connectivity index is 2.56. The molecule has 0 bridgehead atoms. The summed E-state index contributed by atoms with van der Waals surface area (Å²) in [4.78, 5) is 11.7. The summed E-state index contributed by atoms with van der Waals surface area (Å²) in [5, 5.41) is 0. The first kappa shape index (κ1) is 12.6. The van der Waals surface area contributed by atoms with Gasteiger partial charge in [0.1, 0.15) is 0 Å². The molecule has 0 saturated heterocycles. The molecule has 1 aromatic carbocycles. The largest absolute Gasteiger partial charge is 0.465 e. The van der Waals surface area contributed by atoms with Crippen molar-refractivity contribution in [3.8, 4) is 0 Å². The van der Waals surface area contributed by atoms with Gasteiger partial charge in [0.15, 0.2) is 0 Å². The van der Waals surface area contributed by atoms with Crippen molar-refractivity contribution < 1.29 is 9.53 Å². The average Bonchev–Trinajstić information content (AvgIpc) is 2.28. The van der Waals surface area contributed by atoms with Crippen LogP contribution in [0.2, 0.25) is 0 Å². The molecule has 0 radical (unpaired) electrons. The predicted octanol–water partition coefficient (Wildman–Crippen LogP) is 2.72. The van der Waals surface area contributed by atoms with Gasteiger partial charge in [-0.1, -0.05) is 25.5 Å². The lowest BCUT2D eigenvalue weighted by Crippen LogP contribution is -2.14. The maximum Gasteiger partial charge on any atom is 0.313 e. The van der Waals surface area contributed by atoms with E-state index in [1.165, 1.54) is 0 Å². The molecule has 0 fully saturated rings. The Morgan fingerprint density at radius 2 is 2.25 bits per heavy atom. The van der Waals surface area contributed by atoms with Gasteiger partial charge in [-0.05, 0) is 31.0 Å². The molecule has 0 spiro atoms. The van der Waals surface area contributed by atoms with Crippen molar-refractivity contribution in [2.75, 3.05) is 12.3 Å². The number of benzene rings is 1. The number of ether oxygens (including phenoxy) is 1. The van der Waals surface area contributed by atoms with E-state index in [4.69, 9.17) is 10.5 Å². The number of carbonyl (C=O) groups excluding carboxylic acids is 1. The first-order valence-corrected chi connectivity index (χ1v) is 5.67. The highest BCUT2D eigenvalue weighted by Crippen LogP contribution is 2.19. The van der Waals surface area contributed by atoms with Gasteiger partial charge in [0.05, 0.1) is 12.5 Å². The lowest BCUT2D eigenvalue weighted by Gasteiger charge is -2.11. The van der Waals surface area contributed by atoms with Crippen molar-refractivity contribution in [3.05, 3.63) is 29.8 Å². The summed E-state index contributed by atoms with van der Waals surface area (Å²) in [6.45, 7) is 4.40. The summed E-state index contributed by atoms with van der Waals surface area (Å²) in [6, 6.07) is 7.35. The molecule has 1 rings (SSSR count). The van der Waals surface area contributed by atoms with Crippen LogP contribution in [0.3, 0.4) is 0 Å². The zero-order valence-corrected chi connectivity index (χ0v) is 9.90. The van der Waals surface area contributed by atoms with E-state index in [0.717, 1.165) is 18.4 Å². The maximum atomic E-state index is 11.7. The zero-order valence-electron chi connectivity index (χ0n) is 9.90. The number of carbonyl (C=O) groups is 1. The van der Waals surface area contributed by atoms with Crippen molar-refractivity contribution in [2.24, 2.45) is 0 Å². The van der Waals surface area contributed by atoms with Crippen LogP contribution in [-0.2, 0) is 9.53 Å². The van der Waals surface area contributed by atoms with Crippen molar-refractivity contribution in [3.63, 3.8) is 0 Å². The summed E-state index contributed by atoms with van der Waals surface area (Å²) in [7, 11) is 0. The van der Waals surface area contributed by atoms with Crippen LogP contribution in [0.5, 0.6) is 0 Å². The summed E-state index contributed by atoms with van der Waals surface area (Å²) in [5.74, 6) is -0.431. The van der Waals surface area contributed by atoms with E-state index in [-0.39, 0.29) is 11.9 Å². The van der Waals surface area contributed by atoms with Crippen LogP contribution >= 0.6 is 0 Å². The molecule has 3 heteroatoms. The van der Waals surface area contributed by atoms with Crippen molar-refractivity contribution in [1.29, 1.82) is 0 Å². The highest BCUT2D eigenvalue weighted by atomic mass is 16.5. The van der Waals surface area contributed by atoms with Gasteiger partial charge in [-0.3, -0.25) is 4.79 Å². The number of hydrogen-bond donors (Lipinski definition) is 1. The normalized spacial score (nSPS) is 12.1. The Kier molecular flexibility index (Phi) is 4.83. The number of anilines is 1. The molecule has 0 aliphatic carbocycles. The highest BCUT2D eigenvalue weighted by Gasteiger charge is 2.16. The molecular formula is C13H19NO2. The van der Waals surface area contributed by atoms with E-state index in [1.807, 2.05) is 25.1 Å². The molecule has 0 aromatic heterocycles. The van der Waals surface area contributed by atoms with Gasteiger partial charge in [-0.2, -0.15) is 0 Å². The molecule has 2 N–H and O–H groups in total. The zero-order chi connectivity index (χ0) is 12.0. The van der Waals surface area contributed by atoms with Gasteiger partial charge in [0, 0.05) is 5.69 Å². The Morgan fingerprint density at radius 3 is 2.88 bits per heavy atom. The van der Waals surface area contributed by atoms with Gasteiger partial charge >= 0.3 is 5.97 Å². The van der Waals surface area contributed by atoms with Crippen molar-refractivity contribution in [2.45, 2.75) is 32.6 Å². The maximum absolute atomic E-state index is 11.7. The Bertz CT molecular complexity index is 350. The summed E-state index contributed by atoms with van der Waals surface area (Å²) >= 11 is 0. The molecular weight excluding hydrogens is 202 g/mol. The quantitative estimate of drug-likeness (QED) is 0.472. The first-order valence-electron chi connectivity index (χ1n) is 5.67. The van der Waals surface area contributed by atoms with Crippen molar-refractivity contribution >= 4 is 11.7 Å². The molecule has 0 aliphatic rings. The molecule has 16 heavy (non-hydrogen) atoms. The third kappa shape index (κ3) is 3.57. The second-order valence-electron chi connectivity index (χ2n) is 3.91. The van der Waals surface area contributed by atoms with Crippen LogP contribution in [-0.4, -0.2) is 12.6 Å². The monoisotopic (exact) mass is 221 g/mol. The minimum absolute atomic E-state index is 0.181. The van der Waals surface area contributed by atoms with E-state index in [9.17, 15) is 4.79 Å². The molecule has 0 saturated carbocycles. The number of rotatable bonds is 5. The predicted molar refractivity (Wildman–Crippen MR) is 65.1 cm³/mol. The number of unbranched alkanes of at least 4 members (excludes halogenated alkanes) is 1. The Hall–Kier alpha value is -1.51. The third-order valence-corrected chi connectivity index (χ3v) is 2.51. The molecule has 1 unspecified atom stereocenters.